The molecule has 0 aliphatic carbocycles. The number of benzene rings is 2. The van der Waals surface area contributed by atoms with Gasteiger partial charge in [-0.3, -0.25) is 4.79 Å². The number of rotatable bonds is 7. The van der Waals surface area contributed by atoms with Gasteiger partial charge in [0.05, 0.1) is 24.7 Å². The van der Waals surface area contributed by atoms with Crippen LogP contribution in [0.4, 0.5) is 11.4 Å². The molecule has 1 amide bonds. The molecule has 8 nitrogen and oxygen atoms in total. The quantitative estimate of drug-likeness (QED) is 0.530. The van der Waals surface area contributed by atoms with Gasteiger partial charge in [-0.15, -0.1) is 0 Å². The molecule has 2 aromatic carbocycles. The van der Waals surface area contributed by atoms with Gasteiger partial charge in [0.1, 0.15) is 5.69 Å². The highest BCUT2D eigenvalue weighted by Crippen LogP contribution is 2.33. The Morgan fingerprint density at radius 1 is 1.14 bits per heavy atom. The Hall–Kier alpha value is -3.43. The third kappa shape index (κ3) is 5.80. The normalized spacial score (nSPS) is 14.0. The van der Waals surface area contributed by atoms with Crippen LogP contribution in [0.2, 0.25) is 0 Å². The molecule has 35 heavy (non-hydrogen) atoms. The summed E-state index contributed by atoms with van der Waals surface area (Å²) in [7, 11) is -3.38. The highest BCUT2D eigenvalue weighted by molar-refractivity contribution is 7.90. The minimum absolute atomic E-state index is 0.149. The third-order valence-corrected chi connectivity index (χ3v) is 6.91. The first kappa shape index (κ1) is 24.7. The van der Waals surface area contributed by atoms with Crippen LogP contribution < -0.4 is 15.0 Å². The number of nitrogens with one attached hydrogen (secondary N) is 1. The number of carbonyl (C=O) groups excluding carboxylic acids is 1. The first-order valence-electron chi connectivity index (χ1n) is 11.4. The van der Waals surface area contributed by atoms with Crippen LogP contribution in [0.5, 0.6) is 5.88 Å². The van der Waals surface area contributed by atoms with E-state index < -0.39 is 9.84 Å². The lowest BCUT2D eigenvalue weighted by molar-refractivity contribution is 0.102. The molecule has 0 unspecified atom stereocenters. The minimum atomic E-state index is -3.38. The van der Waals surface area contributed by atoms with Gasteiger partial charge in [-0.1, -0.05) is 12.1 Å². The standard InChI is InChI=1S/C26H29N3O5S/c1-4-34-26-24(29-10-12-33-13-11-29)15-20(17-27-26)23-14-19(9-8-18(23)2)25(30)28-21-6-5-7-22(16-21)35(3,31)32/h5-9,14-17H,4,10-13H2,1-3H3,(H,28,30). The summed E-state index contributed by atoms with van der Waals surface area (Å²) < 4.78 is 35.0. The lowest BCUT2D eigenvalue weighted by Crippen LogP contribution is -2.36. The van der Waals surface area contributed by atoms with E-state index in [0.717, 1.165) is 41.7 Å². The molecule has 184 valence electrons. The molecule has 0 spiro atoms. The van der Waals surface area contributed by atoms with Gasteiger partial charge in [0.15, 0.2) is 9.84 Å². The zero-order chi connectivity index (χ0) is 25.0. The molecule has 4 rings (SSSR count). The first-order valence-corrected chi connectivity index (χ1v) is 13.3. The highest BCUT2D eigenvalue weighted by Gasteiger charge is 2.19. The van der Waals surface area contributed by atoms with Crippen LogP contribution in [-0.4, -0.2) is 58.5 Å². The summed E-state index contributed by atoms with van der Waals surface area (Å²) in [5.41, 5.74) is 4.53. The van der Waals surface area contributed by atoms with Crippen molar-refractivity contribution in [2.24, 2.45) is 0 Å². The fraction of sp³-hybridized carbons (Fsp3) is 0.308. The van der Waals surface area contributed by atoms with Gasteiger partial charge in [-0.05, 0) is 61.4 Å². The van der Waals surface area contributed by atoms with Crippen molar-refractivity contribution in [2.75, 3.05) is 49.4 Å². The second-order valence-electron chi connectivity index (χ2n) is 8.36. The Balaban J connectivity index is 1.65. The Labute approximate surface area is 205 Å². The number of sulfone groups is 1. The summed E-state index contributed by atoms with van der Waals surface area (Å²) in [5.74, 6) is 0.250. The maximum absolute atomic E-state index is 13.0. The molecule has 0 saturated carbocycles. The van der Waals surface area contributed by atoms with E-state index in [1.54, 1.807) is 24.4 Å². The molecule has 0 atom stereocenters. The van der Waals surface area contributed by atoms with Gasteiger partial charge in [0, 0.05) is 42.4 Å². The van der Waals surface area contributed by atoms with Crippen LogP contribution in [0.15, 0.2) is 59.6 Å². The molecule has 0 bridgehead atoms. The van der Waals surface area contributed by atoms with Crippen LogP contribution >= 0.6 is 0 Å². The largest absolute Gasteiger partial charge is 0.476 e. The zero-order valence-corrected chi connectivity index (χ0v) is 20.9. The number of ether oxygens (including phenoxy) is 2. The maximum Gasteiger partial charge on any atom is 0.255 e. The van der Waals surface area contributed by atoms with E-state index in [1.165, 1.54) is 12.1 Å². The van der Waals surface area contributed by atoms with Crippen molar-refractivity contribution >= 4 is 27.1 Å². The predicted molar refractivity (Wildman–Crippen MR) is 136 cm³/mol. The minimum Gasteiger partial charge on any atom is -0.476 e. The topological polar surface area (TPSA) is 97.8 Å². The Bertz CT molecular complexity index is 1330. The zero-order valence-electron chi connectivity index (χ0n) is 20.1. The Kier molecular flexibility index (Phi) is 7.37. The number of morpholine rings is 1. The monoisotopic (exact) mass is 495 g/mol. The number of nitrogens with zero attached hydrogens (tertiary/aromatic N) is 2. The molecule has 2 heterocycles. The van der Waals surface area contributed by atoms with Crippen LogP contribution in [0, 0.1) is 6.92 Å². The average molecular weight is 496 g/mol. The SMILES string of the molecule is CCOc1ncc(-c2cc(C(=O)Nc3cccc(S(C)(=O)=O)c3)ccc2C)cc1N1CCOCC1. The van der Waals surface area contributed by atoms with Crippen LogP contribution in [0.1, 0.15) is 22.8 Å². The molecule has 1 aromatic heterocycles. The van der Waals surface area contributed by atoms with Crippen molar-refractivity contribution in [2.45, 2.75) is 18.7 Å². The third-order valence-electron chi connectivity index (χ3n) is 5.80. The molecule has 1 aliphatic heterocycles. The summed E-state index contributed by atoms with van der Waals surface area (Å²) >= 11 is 0. The molecular formula is C26H29N3O5S. The second kappa shape index (κ2) is 10.5. The lowest BCUT2D eigenvalue weighted by atomic mass is 9.98. The number of aryl methyl sites for hydroxylation is 1. The number of aromatic nitrogens is 1. The molecule has 1 saturated heterocycles. The molecule has 1 aliphatic rings. The van der Waals surface area contributed by atoms with Crippen LogP contribution in [0.25, 0.3) is 11.1 Å². The van der Waals surface area contributed by atoms with Crippen molar-refractivity contribution in [1.29, 1.82) is 0 Å². The van der Waals surface area contributed by atoms with Crippen molar-refractivity contribution in [1.82, 2.24) is 4.98 Å². The Morgan fingerprint density at radius 3 is 2.63 bits per heavy atom. The van der Waals surface area contributed by atoms with E-state index in [2.05, 4.69) is 15.2 Å². The molecular weight excluding hydrogens is 466 g/mol. The van der Waals surface area contributed by atoms with Crippen LogP contribution in [0.3, 0.4) is 0 Å². The summed E-state index contributed by atoms with van der Waals surface area (Å²) in [6.45, 7) is 7.21. The summed E-state index contributed by atoms with van der Waals surface area (Å²) in [5, 5.41) is 2.80. The van der Waals surface area contributed by atoms with Gasteiger partial charge in [-0.25, -0.2) is 13.4 Å². The van der Waals surface area contributed by atoms with Gasteiger partial charge in [0.25, 0.3) is 5.91 Å². The van der Waals surface area contributed by atoms with Crippen LogP contribution in [-0.2, 0) is 14.6 Å². The number of amides is 1. The van der Waals surface area contributed by atoms with Gasteiger partial charge in [0.2, 0.25) is 5.88 Å². The summed E-state index contributed by atoms with van der Waals surface area (Å²) in [6.07, 6.45) is 2.89. The van der Waals surface area contributed by atoms with E-state index in [1.807, 2.05) is 32.0 Å². The maximum atomic E-state index is 13.0. The number of carbonyl (C=O) groups is 1. The van der Waals surface area contributed by atoms with Crippen molar-refractivity contribution in [3.8, 4) is 17.0 Å². The number of anilines is 2. The smallest absolute Gasteiger partial charge is 0.255 e. The van der Waals surface area contributed by atoms with Crippen molar-refractivity contribution < 1.29 is 22.7 Å². The highest BCUT2D eigenvalue weighted by atomic mass is 32.2. The predicted octanol–water partition coefficient (Wildman–Crippen LogP) is 3.95. The number of pyridine rings is 1. The fourth-order valence-electron chi connectivity index (χ4n) is 3.95. The van der Waals surface area contributed by atoms with E-state index in [4.69, 9.17) is 9.47 Å². The van der Waals surface area contributed by atoms with Crippen molar-refractivity contribution in [3.05, 3.63) is 65.9 Å². The van der Waals surface area contributed by atoms with Gasteiger partial charge < -0.3 is 19.7 Å². The molecule has 3 aromatic rings. The van der Waals surface area contributed by atoms with E-state index in [-0.39, 0.29) is 10.8 Å². The summed E-state index contributed by atoms with van der Waals surface area (Å²) in [4.78, 5) is 19.9. The fourth-order valence-corrected chi connectivity index (χ4v) is 4.62. The molecule has 1 N–H and O–H groups in total. The van der Waals surface area contributed by atoms with Gasteiger partial charge >= 0.3 is 0 Å². The molecule has 1 fully saturated rings. The second-order valence-corrected chi connectivity index (χ2v) is 10.4. The molecule has 9 heteroatoms. The number of hydrogen-bond donors (Lipinski definition) is 1. The van der Waals surface area contributed by atoms with E-state index >= 15 is 0 Å². The lowest BCUT2D eigenvalue weighted by Gasteiger charge is -2.30. The van der Waals surface area contributed by atoms with Crippen molar-refractivity contribution in [3.63, 3.8) is 0 Å². The van der Waals surface area contributed by atoms with Gasteiger partial charge in [-0.2, -0.15) is 0 Å². The Morgan fingerprint density at radius 2 is 1.91 bits per heavy atom. The molecule has 0 radical (unpaired) electrons. The van der Waals surface area contributed by atoms with E-state index in [9.17, 15) is 13.2 Å². The van der Waals surface area contributed by atoms with E-state index in [0.29, 0.717) is 37.0 Å². The first-order chi connectivity index (χ1) is 16.8. The average Bonchev–Trinajstić information content (AvgIpc) is 2.85. The summed E-state index contributed by atoms with van der Waals surface area (Å²) in [6, 6.07) is 13.7. The number of hydrogen-bond acceptors (Lipinski definition) is 7.